The summed E-state index contributed by atoms with van der Waals surface area (Å²) in [5.74, 6) is 0.785. The third-order valence-corrected chi connectivity index (χ3v) is 7.29. The van der Waals surface area contributed by atoms with Gasteiger partial charge in [-0.3, -0.25) is 9.59 Å². The van der Waals surface area contributed by atoms with Crippen LogP contribution >= 0.6 is 11.3 Å². The molecule has 2 aliphatic heterocycles. The number of benzene rings is 1. The molecule has 0 N–H and O–H groups in total. The van der Waals surface area contributed by atoms with Gasteiger partial charge in [0.15, 0.2) is 0 Å². The first-order chi connectivity index (χ1) is 15.0. The van der Waals surface area contributed by atoms with Crippen molar-refractivity contribution < 1.29 is 9.59 Å². The van der Waals surface area contributed by atoms with Gasteiger partial charge in [-0.05, 0) is 42.5 Å². The SMILES string of the molecule is Cc1cccc(N2CC(C(=O)N3CCN(c4ncnc5sccc45)CC3)CC2=O)c1C. The number of anilines is 2. The van der Waals surface area contributed by atoms with Gasteiger partial charge >= 0.3 is 0 Å². The lowest BCUT2D eigenvalue weighted by Gasteiger charge is -2.36. The van der Waals surface area contributed by atoms with Crippen LogP contribution in [0.15, 0.2) is 36.0 Å². The topological polar surface area (TPSA) is 69.6 Å². The Hall–Kier alpha value is -3.00. The van der Waals surface area contributed by atoms with E-state index in [0.717, 1.165) is 45.9 Å². The van der Waals surface area contributed by atoms with Gasteiger partial charge in [0.2, 0.25) is 11.8 Å². The molecule has 31 heavy (non-hydrogen) atoms. The van der Waals surface area contributed by atoms with Gasteiger partial charge in [-0.15, -0.1) is 11.3 Å². The lowest BCUT2D eigenvalue weighted by atomic mass is 10.1. The molecule has 2 saturated heterocycles. The fraction of sp³-hybridized carbons (Fsp3) is 0.391. The van der Waals surface area contributed by atoms with Crippen LogP contribution in [0, 0.1) is 19.8 Å². The Kier molecular flexibility index (Phi) is 5.09. The molecule has 1 unspecified atom stereocenters. The van der Waals surface area contributed by atoms with Gasteiger partial charge in [-0.2, -0.15) is 0 Å². The van der Waals surface area contributed by atoms with E-state index in [1.54, 1.807) is 22.6 Å². The predicted molar refractivity (Wildman–Crippen MR) is 123 cm³/mol. The number of carbonyl (C=O) groups excluding carboxylic acids is 2. The van der Waals surface area contributed by atoms with E-state index < -0.39 is 0 Å². The lowest BCUT2D eigenvalue weighted by Crippen LogP contribution is -2.51. The van der Waals surface area contributed by atoms with E-state index in [9.17, 15) is 9.59 Å². The Labute approximate surface area is 185 Å². The van der Waals surface area contributed by atoms with Crippen LogP contribution < -0.4 is 9.80 Å². The maximum atomic E-state index is 13.2. The zero-order valence-corrected chi connectivity index (χ0v) is 18.6. The van der Waals surface area contributed by atoms with Crippen LogP contribution in [0.3, 0.4) is 0 Å². The molecule has 0 radical (unpaired) electrons. The second-order valence-electron chi connectivity index (χ2n) is 8.27. The van der Waals surface area contributed by atoms with Crippen molar-refractivity contribution >= 4 is 44.9 Å². The number of hydrogen-bond donors (Lipinski definition) is 0. The average molecular weight is 436 g/mol. The molecule has 1 atom stereocenters. The summed E-state index contributed by atoms with van der Waals surface area (Å²) < 4.78 is 0. The van der Waals surface area contributed by atoms with Crippen molar-refractivity contribution in [2.75, 3.05) is 42.5 Å². The van der Waals surface area contributed by atoms with Crippen molar-refractivity contribution in [1.29, 1.82) is 0 Å². The first-order valence-electron chi connectivity index (χ1n) is 10.6. The quantitative estimate of drug-likeness (QED) is 0.633. The normalized spacial score (nSPS) is 19.5. The Morgan fingerprint density at radius 1 is 1.10 bits per heavy atom. The third-order valence-electron chi connectivity index (χ3n) is 6.47. The zero-order chi connectivity index (χ0) is 21.5. The summed E-state index contributed by atoms with van der Waals surface area (Å²) in [6.07, 6.45) is 1.89. The highest BCUT2D eigenvalue weighted by molar-refractivity contribution is 7.16. The fourth-order valence-electron chi connectivity index (χ4n) is 4.56. The number of fused-ring (bicyclic) bond motifs is 1. The molecule has 2 fully saturated rings. The van der Waals surface area contributed by atoms with Gasteiger partial charge in [0.05, 0.1) is 11.3 Å². The molecule has 8 heteroatoms. The Morgan fingerprint density at radius 3 is 2.71 bits per heavy atom. The number of carbonyl (C=O) groups is 2. The van der Waals surface area contributed by atoms with Crippen LogP contribution in [0.2, 0.25) is 0 Å². The van der Waals surface area contributed by atoms with E-state index in [1.165, 1.54) is 0 Å². The molecule has 0 bridgehead atoms. The fourth-order valence-corrected chi connectivity index (χ4v) is 5.29. The standard InChI is InChI=1S/C23H25N5O2S/c1-15-4-3-5-19(16(15)2)28-13-17(12-20(28)29)23(30)27-9-7-26(8-10-27)21-18-6-11-31-22(18)25-14-24-21/h3-6,11,14,17H,7-10,12-13H2,1-2H3. The molecule has 2 amide bonds. The van der Waals surface area contributed by atoms with Gasteiger partial charge in [-0.1, -0.05) is 12.1 Å². The molecular weight excluding hydrogens is 410 g/mol. The minimum absolute atomic E-state index is 0.0338. The van der Waals surface area contributed by atoms with Crippen molar-refractivity contribution in [2.45, 2.75) is 20.3 Å². The molecule has 1 aromatic carbocycles. The molecule has 4 heterocycles. The predicted octanol–water partition coefficient (Wildman–Crippen LogP) is 3.01. The summed E-state index contributed by atoms with van der Waals surface area (Å²) in [6.45, 7) is 7.28. The van der Waals surface area contributed by atoms with Crippen molar-refractivity contribution in [3.05, 3.63) is 47.1 Å². The van der Waals surface area contributed by atoms with Crippen molar-refractivity contribution in [1.82, 2.24) is 14.9 Å². The molecule has 160 valence electrons. The van der Waals surface area contributed by atoms with Crippen molar-refractivity contribution in [3.8, 4) is 0 Å². The highest BCUT2D eigenvalue weighted by Crippen LogP contribution is 2.31. The van der Waals surface area contributed by atoms with E-state index in [2.05, 4.69) is 20.9 Å². The van der Waals surface area contributed by atoms with E-state index in [1.807, 2.05) is 42.3 Å². The Bertz CT molecular complexity index is 1150. The number of piperazine rings is 1. The van der Waals surface area contributed by atoms with Crippen LogP contribution in [0.1, 0.15) is 17.5 Å². The molecule has 3 aromatic rings. The summed E-state index contributed by atoms with van der Waals surface area (Å²) >= 11 is 1.61. The number of hydrogen-bond acceptors (Lipinski definition) is 6. The molecule has 2 aromatic heterocycles. The number of rotatable bonds is 3. The first-order valence-corrected chi connectivity index (χ1v) is 11.5. The maximum Gasteiger partial charge on any atom is 0.228 e. The maximum absolute atomic E-state index is 13.2. The number of thiophene rings is 1. The summed E-state index contributed by atoms with van der Waals surface area (Å²) in [5.41, 5.74) is 3.18. The van der Waals surface area contributed by atoms with Crippen LogP contribution in [0.25, 0.3) is 10.2 Å². The summed E-state index contributed by atoms with van der Waals surface area (Å²) in [6, 6.07) is 8.04. The van der Waals surface area contributed by atoms with Crippen molar-refractivity contribution in [2.24, 2.45) is 5.92 Å². The van der Waals surface area contributed by atoms with Gasteiger partial charge in [-0.25, -0.2) is 9.97 Å². The van der Waals surface area contributed by atoms with Crippen LogP contribution in [0.5, 0.6) is 0 Å². The summed E-state index contributed by atoms with van der Waals surface area (Å²) in [7, 11) is 0. The molecule has 7 nitrogen and oxygen atoms in total. The Balaban J connectivity index is 1.25. The highest BCUT2D eigenvalue weighted by Gasteiger charge is 2.38. The van der Waals surface area contributed by atoms with Gasteiger partial charge < -0.3 is 14.7 Å². The second kappa shape index (κ2) is 7.92. The smallest absolute Gasteiger partial charge is 0.228 e. The minimum Gasteiger partial charge on any atom is -0.352 e. The van der Waals surface area contributed by atoms with E-state index in [0.29, 0.717) is 19.6 Å². The lowest BCUT2D eigenvalue weighted by molar-refractivity contribution is -0.136. The monoisotopic (exact) mass is 435 g/mol. The average Bonchev–Trinajstić information content (AvgIpc) is 3.42. The third kappa shape index (κ3) is 3.54. The molecule has 0 saturated carbocycles. The van der Waals surface area contributed by atoms with Crippen molar-refractivity contribution in [3.63, 3.8) is 0 Å². The largest absolute Gasteiger partial charge is 0.352 e. The minimum atomic E-state index is -0.276. The molecular formula is C23H25N5O2S. The van der Waals surface area contributed by atoms with Gasteiger partial charge in [0, 0.05) is 44.8 Å². The first kappa shape index (κ1) is 19.9. The van der Waals surface area contributed by atoms with Crippen LogP contribution in [0.4, 0.5) is 11.5 Å². The van der Waals surface area contributed by atoms with E-state index in [4.69, 9.17) is 0 Å². The highest BCUT2D eigenvalue weighted by atomic mass is 32.1. The number of aromatic nitrogens is 2. The molecule has 5 rings (SSSR count). The number of nitrogens with zero attached hydrogens (tertiary/aromatic N) is 5. The van der Waals surface area contributed by atoms with Crippen LogP contribution in [-0.4, -0.2) is 59.4 Å². The molecule has 0 aliphatic carbocycles. The number of aryl methyl sites for hydroxylation is 1. The zero-order valence-electron chi connectivity index (χ0n) is 17.7. The van der Waals surface area contributed by atoms with Gasteiger partial charge in [0.1, 0.15) is 17.0 Å². The van der Waals surface area contributed by atoms with Gasteiger partial charge in [0.25, 0.3) is 0 Å². The van der Waals surface area contributed by atoms with Crippen LogP contribution in [-0.2, 0) is 9.59 Å². The molecule has 2 aliphatic rings. The summed E-state index contributed by atoms with van der Waals surface area (Å²) in [5, 5.41) is 3.10. The van der Waals surface area contributed by atoms with E-state index >= 15 is 0 Å². The molecule has 0 spiro atoms. The van der Waals surface area contributed by atoms with E-state index in [-0.39, 0.29) is 24.2 Å². The Morgan fingerprint density at radius 2 is 1.90 bits per heavy atom. The second-order valence-corrected chi connectivity index (χ2v) is 9.17. The number of amides is 2. The summed E-state index contributed by atoms with van der Waals surface area (Å²) in [4.78, 5) is 41.6.